The monoisotopic (exact) mass is 190 g/mol. The molecule has 1 aliphatic heterocycles. The lowest BCUT2D eigenvalue weighted by Crippen LogP contribution is -2.42. The number of hydrogen-bond acceptors (Lipinski definition) is 3. The Bertz CT molecular complexity index is 149. The van der Waals surface area contributed by atoms with E-state index in [1.165, 1.54) is 13.0 Å². The summed E-state index contributed by atoms with van der Waals surface area (Å²) in [5.41, 5.74) is 0. The third kappa shape index (κ3) is 2.61. The molecule has 0 aliphatic carbocycles. The van der Waals surface area contributed by atoms with Crippen LogP contribution in [0, 0.1) is 0 Å². The molecule has 1 rings (SSSR count). The van der Waals surface area contributed by atoms with Gasteiger partial charge in [0.15, 0.2) is 0 Å². The summed E-state index contributed by atoms with van der Waals surface area (Å²) < 4.78 is 1.03. The Hall–Kier alpha value is 0.200. The van der Waals surface area contributed by atoms with Gasteiger partial charge in [-0.1, -0.05) is 30.9 Å². The lowest BCUT2D eigenvalue weighted by Gasteiger charge is -2.33. The molecule has 0 aromatic heterocycles. The molecule has 1 fully saturated rings. The molecule has 0 bridgehead atoms. The molecule has 4 heteroatoms. The van der Waals surface area contributed by atoms with E-state index < -0.39 is 0 Å². The number of thioether (sulfide) groups is 1. The molecule has 0 saturated carbocycles. The molecule has 1 aliphatic rings. The molecule has 0 unspecified atom stereocenters. The van der Waals surface area contributed by atoms with Crippen molar-refractivity contribution in [2.45, 2.75) is 13.3 Å². The predicted octanol–water partition coefficient (Wildman–Crippen LogP) is 1.58. The van der Waals surface area contributed by atoms with Crippen LogP contribution < -0.4 is 0 Å². The van der Waals surface area contributed by atoms with Crippen LogP contribution in [0.2, 0.25) is 0 Å². The van der Waals surface area contributed by atoms with Crippen molar-refractivity contribution >= 4 is 28.3 Å². The molecule has 0 radical (unpaired) electrons. The van der Waals surface area contributed by atoms with E-state index in [-0.39, 0.29) is 0 Å². The topological polar surface area (TPSA) is 6.48 Å². The number of thiocarbonyl (C=S) groups is 1. The Morgan fingerprint density at radius 3 is 2.91 bits per heavy atom. The van der Waals surface area contributed by atoms with Gasteiger partial charge in [-0.2, -0.15) is 0 Å². The highest BCUT2D eigenvalue weighted by atomic mass is 32.2. The second-order valence-electron chi connectivity index (χ2n) is 2.77. The molecule has 2 nitrogen and oxygen atoms in total. The van der Waals surface area contributed by atoms with E-state index in [1.54, 1.807) is 11.8 Å². The summed E-state index contributed by atoms with van der Waals surface area (Å²) >= 11 is 6.89. The maximum atomic E-state index is 5.13. The molecular weight excluding hydrogens is 176 g/mol. The SMILES string of the molecule is CCCN1CSC(=S)N(C)C1. The first-order valence-corrected chi connectivity index (χ1v) is 5.23. The van der Waals surface area contributed by atoms with E-state index in [2.05, 4.69) is 23.8 Å². The van der Waals surface area contributed by atoms with Gasteiger partial charge in [-0.15, -0.1) is 0 Å². The van der Waals surface area contributed by atoms with Gasteiger partial charge in [-0.3, -0.25) is 4.90 Å². The fraction of sp³-hybridized carbons (Fsp3) is 0.857. The van der Waals surface area contributed by atoms with E-state index >= 15 is 0 Å². The number of nitrogens with zero attached hydrogens (tertiary/aromatic N) is 2. The van der Waals surface area contributed by atoms with Gasteiger partial charge in [0, 0.05) is 13.6 Å². The van der Waals surface area contributed by atoms with Gasteiger partial charge < -0.3 is 4.90 Å². The van der Waals surface area contributed by atoms with Crippen molar-refractivity contribution in [1.29, 1.82) is 0 Å². The van der Waals surface area contributed by atoms with E-state index in [1.807, 2.05) is 0 Å². The molecule has 0 amide bonds. The first-order chi connectivity index (χ1) is 5.24. The molecule has 0 aromatic carbocycles. The maximum Gasteiger partial charge on any atom is 0.138 e. The highest BCUT2D eigenvalue weighted by Gasteiger charge is 2.16. The summed E-state index contributed by atoms with van der Waals surface area (Å²) in [7, 11) is 2.05. The molecule has 0 N–H and O–H groups in total. The van der Waals surface area contributed by atoms with Crippen LogP contribution in [-0.4, -0.2) is 40.3 Å². The Balaban J connectivity index is 2.33. The summed E-state index contributed by atoms with van der Waals surface area (Å²) in [6.45, 7) is 4.39. The van der Waals surface area contributed by atoms with E-state index in [9.17, 15) is 0 Å². The Morgan fingerprint density at radius 2 is 2.36 bits per heavy atom. The van der Waals surface area contributed by atoms with Crippen molar-refractivity contribution in [1.82, 2.24) is 9.80 Å². The molecule has 64 valence electrons. The fourth-order valence-corrected chi connectivity index (χ4v) is 2.10. The van der Waals surface area contributed by atoms with Crippen molar-refractivity contribution in [3.05, 3.63) is 0 Å². The smallest absolute Gasteiger partial charge is 0.138 e. The van der Waals surface area contributed by atoms with Gasteiger partial charge in [0.2, 0.25) is 0 Å². The normalized spacial score (nSPS) is 20.9. The average molecular weight is 190 g/mol. The Labute approximate surface area is 77.9 Å². The number of hydrogen-bond donors (Lipinski definition) is 0. The predicted molar refractivity (Wildman–Crippen MR) is 54.7 cm³/mol. The van der Waals surface area contributed by atoms with Crippen molar-refractivity contribution in [3.8, 4) is 0 Å². The lowest BCUT2D eigenvalue weighted by atomic mass is 10.4. The van der Waals surface area contributed by atoms with E-state index in [4.69, 9.17) is 12.2 Å². The molecular formula is C7H14N2S2. The summed E-state index contributed by atoms with van der Waals surface area (Å²) in [5, 5.41) is 0. The highest BCUT2D eigenvalue weighted by molar-refractivity contribution is 8.22. The molecule has 1 heterocycles. The number of rotatable bonds is 2. The van der Waals surface area contributed by atoms with Crippen LogP contribution in [0.15, 0.2) is 0 Å². The van der Waals surface area contributed by atoms with Gasteiger partial charge in [0.25, 0.3) is 0 Å². The van der Waals surface area contributed by atoms with Gasteiger partial charge in [0.1, 0.15) is 4.32 Å². The molecule has 0 atom stereocenters. The van der Waals surface area contributed by atoms with Crippen LogP contribution in [0.1, 0.15) is 13.3 Å². The minimum Gasteiger partial charge on any atom is -0.348 e. The summed E-state index contributed by atoms with van der Waals surface area (Å²) in [6.07, 6.45) is 1.22. The minimum absolute atomic E-state index is 1.000. The van der Waals surface area contributed by atoms with Crippen LogP contribution in [0.25, 0.3) is 0 Å². The lowest BCUT2D eigenvalue weighted by molar-refractivity contribution is 0.234. The zero-order chi connectivity index (χ0) is 8.27. The second kappa shape index (κ2) is 4.28. The van der Waals surface area contributed by atoms with Crippen molar-refractivity contribution in [2.75, 3.05) is 26.1 Å². The van der Waals surface area contributed by atoms with Crippen LogP contribution in [-0.2, 0) is 0 Å². The second-order valence-corrected chi connectivity index (χ2v) is 4.35. The molecule has 1 saturated heterocycles. The largest absolute Gasteiger partial charge is 0.348 e. The summed E-state index contributed by atoms with van der Waals surface area (Å²) in [4.78, 5) is 4.53. The maximum absolute atomic E-state index is 5.13. The van der Waals surface area contributed by atoms with Crippen molar-refractivity contribution in [3.63, 3.8) is 0 Å². The Kier molecular flexibility index (Phi) is 3.62. The molecule has 0 spiro atoms. The zero-order valence-electron chi connectivity index (χ0n) is 7.04. The fourth-order valence-electron chi connectivity index (χ4n) is 1.11. The summed E-state index contributed by atoms with van der Waals surface area (Å²) in [5.74, 6) is 1.07. The van der Waals surface area contributed by atoms with E-state index in [0.29, 0.717) is 0 Å². The van der Waals surface area contributed by atoms with Gasteiger partial charge in [0.05, 0.1) is 12.5 Å². The minimum atomic E-state index is 1.000. The van der Waals surface area contributed by atoms with Crippen LogP contribution in [0.4, 0.5) is 0 Å². The first-order valence-electron chi connectivity index (χ1n) is 3.84. The summed E-state index contributed by atoms with van der Waals surface area (Å²) in [6, 6.07) is 0. The third-order valence-corrected chi connectivity index (χ3v) is 3.35. The van der Waals surface area contributed by atoms with Crippen LogP contribution in [0.5, 0.6) is 0 Å². The van der Waals surface area contributed by atoms with Gasteiger partial charge in [-0.05, 0) is 6.42 Å². The highest BCUT2D eigenvalue weighted by Crippen LogP contribution is 2.16. The van der Waals surface area contributed by atoms with Crippen molar-refractivity contribution < 1.29 is 0 Å². The first kappa shape index (κ1) is 9.29. The average Bonchev–Trinajstić information content (AvgIpc) is 1.98. The van der Waals surface area contributed by atoms with Gasteiger partial charge >= 0.3 is 0 Å². The standard InChI is InChI=1S/C7H14N2S2/c1-3-4-9-5-8(2)7(10)11-6-9/h3-6H2,1-2H3. The van der Waals surface area contributed by atoms with Gasteiger partial charge in [-0.25, -0.2) is 0 Å². The van der Waals surface area contributed by atoms with Crippen LogP contribution in [0.3, 0.4) is 0 Å². The molecule has 11 heavy (non-hydrogen) atoms. The zero-order valence-corrected chi connectivity index (χ0v) is 8.67. The quantitative estimate of drug-likeness (QED) is 0.610. The van der Waals surface area contributed by atoms with Crippen LogP contribution >= 0.6 is 24.0 Å². The third-order valence-electron chi connectivity index (χ3n) is 1.63. The van der Waals surface area contributed by atoms with Crippen molar-refractivity contribution in [2.24, 2.45) is 0 Å². The Morgan fingerprint density at radius 1 is 1.64 bits per heavy atom. The molecule has 0 aromatic rings. The van der Waals surface area contributed by atoms with E-state index in [0.717, 1.165) is 16.9 Å².